The molecule has 6 heteroatoms. The summed E-state index contributed by atoms with van der Waals surface area (Å²) in [4.78, 5) is 3.54. The second-order valence-corrected chi connectivity index (χ2v) is 4.85. The normalized spacial score (nSPS) is 10.3. The lowest BCUT2D eigenvalue weighted by Crippen LogP contribution is -2.07. The predicted molar refractivity (Wildman–Crippen MR) is 81.5 cm³/mol. The van der Waals surface area contributed by atoms with Crippen LogP contribution in [-0.2, 0) is 6.61 Å². The minimum Gasteiger partial charge on any atom is -0.482 e. The van der Waals surface area contributed by atoms with E-state index in [-0.39, 0.29) is 12.4 Å². The van der Waals surface area contributed by atoms with E-state index < -0.39 is 5.95 Å². The first-order valence-corrected chi connectivity index (χ1v) is 6.98. The van der Waals surface area contributed by atoms with Crippen LogP contribution in [-0.4, -0.2) is 14.8 Å². The molecule has 2 aromatic heterocycles. The van der Waals surface area contributed by atoms with Crippen molar-refractivity contribution in [3.8, 4) is 17.5 Å². The molecule has 0 saturated carbocycles. The molecule has 0 amide bonds. The summed E-state index contributed by atoms with van der Waals surface area (Å²) < 4.78 is 20.7. The number of benzene rings is 1. The molecule has 0 fully saturated rings. The van der Waals surface area contributed by atoms with Crippen molar-refractivity contribution in [1.82, 2.24) is 14.8 Å². The lowest BCUT2D eigenvalue weighted by atomic mass is 10.2. The number of aryl methyl sites for hydroxylation is 1. The average molecular weight is 308 g/mol. The monoisotopic (exact) mass is 308 g/mol. The lowest BCUT2D eigenvalue weighted by Gasteiger charge is -2.10. The minimum atomic E-state index is -0.687. The molecule has 0 aliphatic heterocycles. The van der Waals surface area contributed by atoms with Crippen LogP contribution in [0.3, 0.4) is 0 Å². The third-order valence-corrected chi connectivity index (χ3v) is 3.36. The van der Waals surface area contributed by atoms with E-state index in [1.54, 1.807) is 17.7 Å². The fourth-order valence-corrected chi connectivity index (χ4v) is 2.26. The Bertz CT molecular complexity index is 868. The molecule has 0 spiro atoms. The molecule has 0 atom stereocenters. The van der Waals surface area contributed by atoms with Crippen molar-refractivity contribution in [2.75, 3.05) is 0 Å². The van der Waals surface area contributed by atoms with Crippen molar-refractivity contribution in [3.63, 3.8) is 0 Å². The van der Waals surface area contributed by atoms with Crippen LogP contribution in [0.5, 0.6) is 5.75 Å². The molecule has 0 aliphatic carbocycles. The summed E-state index contributed by atoms with van der Waals surface area (Å²) in [6, 6.07) is 14.6. The Labute approximate surface area is 132 Å². The molecule has 23 heavy (non-hydrogen) atoms. The van der Waals surface area contributed by atoms with Crippen molar-refractivity contribution >= 4 is 0 Å². The van der Waals surface area contributed by atoms with E-state index in [2.05, 4.69) is 16.2 Å². The average Bonchev–Trinajstić information content (AvgIpc) is 2.90. The fraction of sp³-hybridized carbons (Fsp3) is 0.118. The number of rotatable bonds is 4. The molecule has 2 heterocycles. The minimum absolute atomic E-state index is 0.0151. The van der Waals surface area contributed by atoms with Gasteiger partial charge in [0, 0.05) is 6.20 Å². The van der Waals surface area contributed by atoms with Gasteiger partial charge in [-0.1, -0.05) is 18.2 Å². The van der Waals surface area contributed by atoms with Crippen molar-refractivity contribution in [3.05, 3.63) is 71.6 Å². The molecule has 1 aromatic carbocycles. The zero-order chi connectivity index (χ0) is 16.2. The number of halogens is 1. The summed E-state index contributed by atoms with van der Waals surface area (Å²) in [6.07, 6.45) is 1.35. The van der Waals surface area contributed by atoms with Crippen LogP contribution in [0.1, 0.15) is 17.0 Å². The highest BCUT2D eigenvalue weighted by atomic mass is 19.1. The predicted octanol–water partition coefficient (Wildman–Crippen LogP) is 3.17. The first-order chi connectivity index (χ1) is 11.2. The fourth-order valence-electron chi connectivity index (χ4n) is 2.26. The number of nitriles is 1. The Morgan fingerprint density at radius 3 is 2.70 bits per heavy atom. The Hall–Kier alpha value is -3.20. The number of hydrogen-bond acceptors (Lipinski definition) is 4. The van der Waals surface area contributed by atoms with E-state index in [1.807, 2.05) is 30.3 Å². The molecule has 114 valence electrons. The van der Waals surface area contributed by atoms with Crippen molar-refractivity contribution < 1.29 is 9.13 Å². The van der Waals surface area contributed by atoms with E-state index in [0.29, 0.717) is 17.0 Å². The molecule has 0 radical (unpaired) electrons. The highest BCUT2D eigenvalue weighted by molar-refractivity contribution is 5.43. The number of aromatic nitrogens is 3. The molecule has 0 N–H and O–H groups in total. The first-order valence-electron chi connectivity index (χ1n) is 6.98. The third kappa shape index (κ3) is 2.90. The summed E-state index contributed by atoms with van der Waals surface area (Å²) in [5.74, 6) is -0.650. The van der Waals surface area contributed by atoms with Gasteiger partial charge >= 0.3 is 0 Å². The van der Waals surface area contributed by atoms with Crippen molar-refractivity contribution in [1.29, 1.82) is 5.26 Å². The second-order valence-electron chi connectivity index (χ2n) is 4.85. The van der Waals surface area contributed by atoms with Crippen LogP contribution in [0.25, 0.3) is 5.69 Å². The van der Waals surface area contributed by atoms with Crippen LogP contribution < -0.4 is 4.74 Å². The largest absolute Gasteiger partial charge is 0.482 e. The van der Waals surface area contributed by atoms with Crippen LogP contribution >= 0.6 is 0 Å². The van der Waals surface area contributed by atoms with Gasteiger partial charge in [0.25, 0.3) is 5.95 Å². The number of nitrogens with zero attached hydrogens (tertiary/aromatic N) is 4. The Morgan fingerprint density at radius 1 is 1.22 bits per heavy atom. The summed E-state index contributed by atoms with van der Waals surface area (Å²) in [6.45, 7) is 1.77. The van der Waals surface area contributed by atoms with Crippen LogP contribution in [0.15, 0.2) is 48.7 Å². The van der Waals surface area contributed by atoms with Gasteiger partial charge in [0.2, 0.25) is 0 Å². The summed E-state index contributed by atoms with van der Waals surface area (Å²) >= 11 is 0. The van der Waals surface area contributed by atoms with Gasteiger partial charge in [0.15, 0.2) is 5.75 Å². The maximum Gasteiger partial charge on any atom is 0.255 e. The third-order valence-electron chi connectivity index (χ3n) is 3.36. The second kappa shape index (κ2) is 6.28. The Morgan fingerprint density at radius 2 is 2.00 bits per heavy atom. The van der Waals surface area contributed by atoms with Gasteiger partial charge in [-0.3, -0.25) is 0 Å². The zero-order valence-electron chi connectivity index (χ0n) is 12.4. The van der Waals surface area contributed by atoms with Crippen LogP contribution in [0.2, 0.25) is 0 Å². The van der Waals surface area contributed by atoms with Crippen molar-refractivity contribution in [2.45, 2.75) is 13.5 Å². The number of hydrogen-bond donors (Lipinski definition) is 0. The number of ether oxygens (including phenoxy) is 1. The van der Waals surface area contributed by atoms with Gasteiger partial charge in [-0.2, -0.15) is 14.8 Å². The highest BCUT2D eigenvalue weighted by Gasteiger charge is 2.17. The highest BCUT2D eigenvalue weighted by Crippen LogP contribution is 2.21. The van der Waals surface area contributed by atoms with Gasteiger partial charge < -0.3 is 4.74 Å². The molecule has 0 bridgehead atoms. The van der Waals surface area contributed by atoms with Crippen molar-refractivity contribution in [2.24, 2.45) is 0 Å². The van der Waals surface area contributed by atoms with Gasteiger partial charge in [-0.15, -0.1) is 0 Å². The van der Waals surface area contributed by atoms with E-state index in [9.17, 15) is 9.65 Å². The Kier molecular flexibility index (Phi) is 4.02. The molecule has 0 unspecified atom stereocenters. The summed E-state index contributed by atoms with van der Waals surface area (Å²) in [7, 11) is 0. The standard InChI is InChI=1S/C17H13FN4O/c1-12-14(10-19)15(11-23-16-8-5-9-20-17(16)18)22(21-12)13-6-3-2-4-7-13/h2-9H,11H2,1H3. The van der Waals surface area contributed by atoms with E-state index >= 15 is 0 Å². The molecule has 3 rings (SSSR count). The molecule has 0 aliphatic rings. The van der Waals surface area contributed by atoms with Gasteiger partial charge in [-0.05, 0) is 31.2 Å². The maximum absolute atomic E-state index is 13.6. The maximum atomic E-state index is 13.6. The SMILES string of the molecule is Cc1nn(-c2ccccc2)c(COc2cccnc2F)c1C#N. The summed E-state index contributed by atoms with van der Waals surface area (Å²) in [5, 5.41) is 13.8. The lowest BCUT2D eigenvalue weighted by molar-refractivity contribution is 0.278. The summed E-state index contributed by atoms with van der Waals surface area (Å²) in [5.41, 5.74) is 2.40. The van der Waals surface area contributed by atoms with Crippen LogP contribution in [0, 0.1) is 24.2 Å². The topological polar surface area (TPSA) is 63.7 Å². The van der Waals surface area contributed by atoms with Gasteiger partial charge in [0.05, 0.1) is 17.1 Å². The molecule has 3 aromatic rings. The van der Waals surface area contributed by atoms with Gasteiger partial charge in [-0.25, -0.2) is 9.67 Å². The van der Waals surface area contributed by atoms with E-state index in [1.165, 1.54) is 12.3 Å². The van der Waals surface area contributed by atoms with Crippen LogP contribution in [0.4, 0.5) is 4.39 Å². The Balaban J connectivity index is 1.98. The smallest absolute Gasteiger partial charge is 0.255 e. The van der Waals surface area contributed by atoms with E-state index in [0.717, 1.165) is 5.69 Å². The number of para-hydroxylation sites is 1. The first kappa shape index (κ1) is 14.7. The van der Waals surface area contributed by atoms with E-state index in [4.69, 9.17) is 4.74 Å². The quantitative estimate of drug-likeness (QED) is 0.694. The zero-order valence-corrected chi connectivity index (χ0v) is 12.4. The molecular formula is C17H13FN4O. The van der Waals surface area contributed by atoms with Gasteiger partial charge in [0.1, 0.15) is 18.2 Å². The molecule has 5 nitrogen and oxygen atoms in total. The molecular weight excluding hydrogens is 295 g/mol. The number of pyridine rings is 1. The molecule has 0 saturated heterocycles.